The van der Waals surface area contributed by atoms with E-state index in [2.05, 4.69) is 89.4 Å². The summed E-state index contributed by atoms with van der Waals surface area (Å²) in [5, 5.41) is 0. The molecule has 0 radical (unpaired) electrons. The van der Waals surface area contributed by atoms with Crippen LogP contribution in [-0.2, 0) is 12.8 Å². The van der Waals surface area contributed by atoms with Crippen molar-refractivity contribution in [2.45, 2.75) is 66.2 Å². The Balaban J connectivity index is 1.31. The van der Waals surface area contributed by atoms with E-state index >= 15 is 0 Å². The van der Waals surface area contributed by atoms with Crippen molar-refractivity contribution >= 4 is 6.08 Å². The minimum Gasteiger partial charge on any atom is -0.0986 e. The molecule has 2 saturated carbocycles. The number of benzene rings is 2. The van der Waals surface area contributed by atoms with Crippen molar-refractivity contribution in [1.82, 2.24) is 0 Å². The van der Waals surface area contributed by atoms with Crippen LogP contribution in [-0.4, -0.2) is 0 Å². The highest BCUT2D eigenvalue weighted by atomic mass is 14.5. The Bertz CT molecular complexity index is 1300. The number of hydrogen-bond acceptors (Lipinski definition) is 0. The average molecular weight is 475 g/mol. The molecule has 2 fully saturated rings. The molecule has 0 heteroatoms. The summed E-state index contributed by atoms with van der Waals surface area (Å²) in [7, 11) is 0. The second kappa shape index (κ2) is 9.05. The number of rotatable bonds is 5. The van der Waals surface area contributed by atoms with E-state index in [1.807, 2.05) is 0 Å². The lowest BCUT2D eigenvalue weighted by atomic mass is 9.76. The van der Waals surface area contributed by atoms with Gasteiger partial charge in [-0.3, -0.25) is 0 Å². The quantitative estimate of drug-likeness (QED) is 0.379. The normalized spacial score (nSPS) is 30.7. The average Bonchev–Trinajstić information content (AvgIpc) is 3.54. The smallest absolute Gasteiger partial charge is 0.00826 e. The van der Waals surface area contributed by atoms with E-state index in [0.717, 1.165) is 36.5 Å². The fourth-order valence-corrected chi connectivity index (χ4v) is 8.28. The van der Waals surface area contributed by atoms with E-state index in [1.54, 1.807) is 5.56 Å². The lowest BCUT2D eigenvalue weighted by molar-refractivity contribution is 0.253. The molecule has 0 saturated heterocycles. The minimum atomic E-state index is 0.366. The van der Waals surface area contributed by atoms with Crippen LogP contribution in [0.2, 0.25) is 0 Å². The van der Waals surface area contributed by atoms with Crippen molar-refractivity contribution in [2.75, 3.05) is 0 Å². The van der Waals surface area contributed by atoms with Crippen molar-refractivity contribution < 1.29 is 0 Å². The summed E-state index contributed by atoms with van der Waals surface area (Å²) in [6.07, 6.45) is 14.7. The lowest BCUT2D eigenvalue weighted by Crippen LogP contribution is -2.20. The zero-order valence-electron chi connectivity index (χ0n) is 22.7. The largest absolute Gasteiger partial charge is 0.0986 e. The van der Waals surface area contributed by atoms with Crippen LogP contribution in [0.4, 0.5) is 0 Å². The molecule has 186 valence electrons. The van der Waals surface area contributed by atoms with E-state index in [-0.39, 0.29) is 0 Å². The van der Waals surface area contributed by atoms with Crippen LogP contribution >= 0.6 is 0 Å². The zero-order chi connectivity index (χ0) is 25.1. The van der Waals surface area contributed by atoms with Gasteiger partial charge >= 0.3 is 0 Å². The van der Waals surface area contributed by atoms with Crippen LogP contribution in [0.3, 0.4) is 0 Å². The molecule has 0 aliphatic heterocycles. The predicted molar refractivity (Wildman–Crippen MR) is 155 cm³/mol. The molecule has 2 bridgehead atoms. The minimum absolute atomic E-state index is 0.366. The maximum absolute atomic E-state index is 4.45. The standard InChI is InChI=1S/C36H42/c1-21-12-24(4)34(20-30-16-27-14-25(5)33(30)18-27)36(13-21)31-9-7-8-29-15-28(19-35(29)31)17-32-23(3)11-10-22(2)26(32)6/h7-13,15,22,25,27,30,32-33H,3,6,14,16-20H2,1-2,4-5H3. The second-order valence-corrected chi connectivity index (χ2v) is 12.7. The molecule has 36 heavy (non-hydrogen) atoms. The molecule has 2 aromatic carbocycles. The van der Waals surface area contributed by atoms with Gasteiger partial charge in [0.2, 0.25) is 0 Å². The molecule has 6 atom stereocenters. The van der Waals surface area contributed by atoms with E-state index in [1.165, 1.54) is 75.8 Å². The van der Waals surface area contributed by atoms with Gasteiger partial charge in [-0.05, 0) is 121 Å². The third kappa shape index (κ3) is 4.07. The summed E-state index contributed by atoms with van der Waals surface area (Å²) in [4.78, 5) is 0. The van der Waals surface area contributed by atoms with Crippen molar-refractivity contribution in [2.24, 2.45) is 35.5 Å². The zero-order valence-corrected chi connectivity index (χ0v) is 22.7. The fraction of sp³-hybridized carbons (Fsp3) is 0.444. The van der Waals surface area contributed by atoms with Crippen LogP contribution < -0.4 is 0 Å². The summed E-state index contributed by atoms with van der Waals surface area (Å²) in [6.45, 7) is 18.2. The van der Waals surface area contributed by atoms with Gasteiger partial charge in [0.05, 0.1) is 0 Å². The molecule has 0 heterocycles. The van der Waals surface area contributed by atoms with Gasteiger partial charge in [0.25, 0.3) is 0 Å². The number of fused-ring (bicyclic) bond motifs is 3. The predicted octanol–water partition coefficient (Wildman–Crippen LogP) is 9.46. The van der Waals surface area contributed by atoms with Gasteiger partial charge in [-0.15, -0.1) is 0 Å². The molecular formula is C36H42. The molecule has 2 aromatic rings. The highest BCUT2D eigenvalue weighted by Gasteiger charge is 2.44. The van der Waals surface area contributed by atoms with Gasteiger partial charge in [-0.1, -0.05) is 92.3 Å². The van der Waals surface area contributed by atoms with Crippen LogP contribution in [0.5, 0.6) is 0 Å². The van der Waals surface area contributed by atoms with Gasteiger partial charge < -0.3 is 0 Å². The number of allylic oxidation sites excluding steroid dienone is 5. The Morgan fingerprint density at radius 3 is 2.56 bits per heavy atom. The van der Waals surface area contributed by atoms with Gasteiger partial charge in [-0.2, -0.15) is 0 Å². The lowest BCUT2D eigenvalue weighted by Gasteiger charge is -2.29. The van der Waals surface area contributed by atoms with Gasteiger partial charge in [0.15, 0.2) is 0 Å². The first-order chi connectivity index (χ1) is 17.3. The summed E-state index contributed by atoms with van der Waals surface area (Å²) in [5.74, 6) is 4.50. The van der Waals surface area contributed by atoms with E-state index in [9.17, 15) is 0 Å². The highest BCUT2D eigenvalue weighted by Crippen LogP contribution is 2.53. The third-order valence-electron chi connectivity index (χ3n) is 10.2. The van der Waals surface area contributed by atoms with Crippen molar-refractivity contribution in [3.63, 3.8) is 0 Å². The molecule has 0 aromatic heterocycles. The molecule has 6 unspecified atom stereocenters. The first-order valence-electron chi connectivity index (χ1n) is 14.3. The van der Waals surface area contributed by atoms with E-state index < -0.39 is 0 Å². The van der Waals surface area contributed by atoms with Crippen molar-refractivity contribution in [3.8, 4) is 11.1 Å². The van der Waals surface area contributed by atoms with Crippen LogP contribution in [0.15, 0.2) is 72.4 Å². The fourth-order valence-electron chi connectivity index (χ4n) is 8.28. The summed E-state index contributed by atoms with van der Waals surface area (Å²) in [6, 6.07) is 11.9. The SMILES string of the molecule is C=C1C=CC(C)C(=C)C1CC1=Cc2cccc(-c3cc(C)cc(C)c3CC3CC4CC(C)C3C4)c2C1. The molecule has 0 nitrogen and oxygen atoms in total. The molecule has 0 amide bonds. The van der Waals surface area contributed by atoms with Crippen LogP contribution in [0.25, 0.3) is 17.2 Å². The Labute approximate surface area is 218 Å². The van der Waals surface area contributed by atoms with Crippen LogP contribution in [0.1, 0.15) is 67.3 Å². The molecule has 4 aliphatic carbocycles. The maximum Gasteiger partial charge on any atom is 0.00826 e. The molecule has 4 aliphatic rings. The van der Waals surface area contributed by atoms with E-state index in [4.69, 9.17) is 0 Å². The monoisotopic (exact) mass is 474 g/mol. The molecule has 0 spiro atoms. The summed E-state index contributed by atoms with van der Waals surface area (Å²) < 4.78 is 0. The highest BCUT2D eigenvalue weighted by molar-refractivity contribution is 5.80. The molecule has 6 rings (SSSR count). The number of aryl methyl sites for hydroxylation is 2. The Morgan fingerprint density at radius 1 is 0.944 bits per heavy atom. The second-order valence-electron chi connectivity index (χ2n) is 12.7. The Morgan fingerprint density at radius 2 is 1.78 bits per heavy atom. The topological polar surface area (TPSA) is 0 Å². The molecule has 0 N–H and O–H groups in total. The van der Waals surface area contributed by atoms with Crippen molar-refractivity contribution in [3.05, 3.63) is 100 Å². The summed E-state index contributed by atoms with van der Waals surface area (Å²) >= 11 is 0. The Kier molecular flexibility index (Phi) is 5.98. The third-order valence-corrected chi connectivity index (χ3v) is 10.2. The maximum atomic E-state index is 4.45. The first kappa shape index (κ1) is 23.8. The number of hydrogen-bond donors (Lipinski definition) is 0. The van der Waals surface area contributed by atoms with Crippen LogP contribution in [0, 0.1) is 49.4 Å². The summed E-state index contributed by atoms with van der Waals surface area (Å²) in [5.41, 5.74) is 14.4. The van der Waals surface area contributed by atoms with E-state index in [0.29, 0.717) is 11.8 Å². The van der Waals surface area contributed by atoms with Crippen molar-refractivity contribution in [1.29, 1.82) is 0 Å². The molecular weight excluding hydrogens is 432 g/mol. The van der Waals surface area contributed by atoms with Gasteiger partial charge in [0.1, 0.15) is 0 Å². The van der Waals surface area contributed by atoms with Gasteiger partial charge in [0, 0.05) is 5.92 Å². The van der Waals surface area contributed by atoms with Gasteiger partial charge in [-0.25, -0.2) is 0 Å². The first-order valence-corrected chi connectivity index (χ1v) is 14.3. The Hall–Kier alpha value is -2.60.